The zero-order chi connectivity index (χ0) is 10.6. The smallest absolute Gasteiger partial charge is 0.0479 e. The lowest BCUT2D eigenvalue weighted by Gasteiger charge is -2.32. The molecule has 0 aliphatic rings. The van der Waals surface area contributed by atoms with Gasteiger partial charge in [-0.2, -0.15) is 0 Å². The first-order chi connectivity index (χ1) is 6.62. The van der Waals surface area contributed by atoms with E-state index in [1.807, 2.05) is 24.3 Å². The van der Waals surface area contributed by atoms with Gasteiger partial charge in [0.2, 0.25) is 0 Å². The molecule has 0 saturated heterocycles. The summed E-state index contributed by atoms with van der Waals surface area (Å²) in [6.07, 6.45) is 1.84. The van der Waals surface area contributed by atoms with E-state index in [1.54, 1.807) is 0 Å². The van der Waals surface area contributed by atoms with Crippen LogP contribution in [0.25, 0.3) is 0 Å². The number of hydrogen-bond donors (Lipinski definition) is 2. The summed E-state index contributed by atoms with van der Waals surface area (Å²) < 4.78 is 0. The van der Waals surface area contributed by atoms with Crippen molar-refractivity contribution in [1.29, 1.82) is 0 Å². The molecule has 0 aliphatic heterocycles. The first kappa shape index (κ1) is 11.0. The summed E-state index contributed by atoms with van der Waals surface area (Å²) >= 11 is 0. The Balaban J connectivity index is 3.00. The van der Waals surface area contributed by atoms with Gasteiger partial charge in [-0.25, -0.2) is 0 Å². The Morgan fingerprint density at radius 2 is 1.93 bits per heavy atom. The molecule has 2 heteroatoms. The molecule has 0 bridgehead atoms. The monoisotopic (exact) mass is 190 g/mol. The Kier molecular flexibility index (Phi) is 3.44. The van der Waals surface area contributed by atoms with E-state index in [1.165, 1.54) is 5.56 Å². The van der Waals surface area contributed by atoms with Gasteiger partial charge < -0.3 is 0 Å². The fourth-order valence-electron chi connectivity index (χ4n) is 1.62. The maximum absolute atomic E-state index is 5.49. The van der Waals surface area contributed by atoms with E-state index < -0.39 is 0 Å². The molecule has 0 aromatic heterocycles. The molecule has 0 radical (unpaired) electrons. The molecule has 2 nitrogen and oxygen atoms in total. The first-order valence-electron chi connectivity index (χ1n) is 4.77. The van der Waals surface area contributed by atoms with Gasteiger partial charge in [0.05, 0.1) is 0 Å². The third-order valence-electron chi connectivity index (χ3n) is 2.71. The summed E-state index contributed by atoms with van der Waals surface area (Å²) in [5.74, 6) is 5.49. The lowest BCUT2D eigenvalue weighted by Crippen LogP contribution is -2.46. The number of rotatable bonds is 4. The topological polar surface area (TPSA) is 38.0 Å². The van der Waals surface area contributed by atoms with Crippen LogP contribution in [-0.2, 0) is 5.41 Å². The molecule has 0 aliphatic carbocycles. The molecule has 1 atom stereocenters. The van der Waals surface area contributed by atoms with Crippen LogP contribution in [0.2, 0.25) is 0 Å². The summed E-state index contributed by atoms with van der Waals surface area (Å²) in [5.41, 5.74) is 3.98. The van der Waals surface area contributed by atoms with Gasteiger partial charge in [-0.15, -0.1) is 6.58 Å². The third kappa shape index (κ3) is 2.03. The van der Waals surface area contributed by atoms with Crippen molar-refractivity contribution < 1.29 is 0 Å². The van der Waals surface area contributed by atoms with Gasteiger partial charge in [-0.1, -0.05) is 50.3 Å². The number of nitrogens with one attached hydrogen (secondary N) is 1. The van der Waals surface area contributed by atoms with Crippen LogP contribution in [0.4, 0.5) is 0 Å². The van der Waals surface area contributed by atoms with E-state index in [0.29, 0.717) is 0 Å². The van der Waals surface area contributed by atoms with E-state index in [9.17, 15) is 0 Å². The largest absolute Gasteiger partial charge is 0.271 e. The van der Waals surface area contributed by atoms with Gasteiger partial charge in [-0.05, 0) is 5.56 Å². The number of nitrogens with two attached hydrogens (primary N) is 1. The van der Waals surface area contributed by atoms with Crippen LogP contribution in [-0.4, -0.2) is 6.04 Å². The van der Waals surface area contributed by atoms with Crippen molar-refractivity contribution in [2.24, 2.45) is 5.84 Å². The SMILES string of the molecule is C=CC(NN)C(C)(C)c1ccccc1. The second kappa shape index (κ2) is 4.40. The molecule has 76 valence electrons. The molecule has 0 heterocycles. The predicted octanol–water partition coefficient (Wildman–Crippen LogP) is 1.98. The molecule has 1 unspecified atom stereocenters. The molecule has 0 amide bonds. The predicted molar refractivity (Wildman–Crippen MR) is 60.8 cm³/mol. The normalized spacial score (nSPS) is 13.6. The highest BCUT2D eigenvalue weighted by molar-refractivity contribution is 5.27. The Bertz CT molecular complexity index is 290. The van der Waals surface area contributed by atoms with Crippen LogP contribution in [0.1, 0.15) is 19.4 Å². The van der Waals surface area contributed by atoms with Gasteiger partial charge >= 0.3 is 0 Å². The lowest BCUT2D eigenvalue weighted by molar-refractivity contribution is 0.400. The van der Waals surface area contributed by atoms with Crippen molar-refractivity contribution in [2.75, 3.05) is 0 Å². The fourth-order valence-corrected chi connectivity index (χ4v) is 1.62. The van der Waals surface area contributed by atoms with Crippen molar-refractivity contribution in [1.82, 2.24) is 5.43 Å². The fraction of sp³-hybridized carbons (Fsp3) is 0.333. The Morgan fingerprint density at radius 1 is 1.36 bits per heavy atom. The van der Waals surface area contributed by atoms with E-state index in [4.69, 9.17) is 5.84 Å². The van der Waals surface area contributed by atoms with E-state index in [0.717, 1.165) is 0 Å². The highest BCUT2D eigenvalue weighted by Crippen LogP contribution is 2.26. The van der Waals surface area contributed by atoms with E-state index in [2.05, 4.69) is 38.0 Å². The maximum Gasteiger partial charge on any atom is 0.0479 e. The minimum Gasteiger partial charge on any atom is -0.271 e. The third-order valence-corrected chi connectivity index (χ3v) is 2.71. The summed E-state index contributed by atoms with van der Waals surface area (Å²) in [7, 11) is 0. The molecular weight excluding hydrogens is 172 g/mol. The van der Waals surface area contributed by atoms with Gasteiger partial charge in [-0.3, -0.25) is 11.3 Å². The summed E-state index contributed by atoms with van der Waals surface area (Å²) in [6.45, 7) is 8.08. The number of hydrogen-bond acceptors (Lipinski definition) is 2. The lowest BCUT2D eigenvalue weighted by atomic mass is 9.78. The molecule has 0 saturated carbocycles. The summed E-state index contributed by atoms with van der Waals surface area (Å²) in [4.78, 5) is 0. The minimum atomic E-state index is -0.0439. The van der Waals surface area contributed by atoms with E-state index in [-0.39, 0.29) is 11.5 Å². The first-order valence-corrected chi connectivity index (χ1v) is 4.77. The van der Waals surface area contributed by atoms with Crippen molar-refractivity contribution in [3.63, 3.8) is 0 Å². The molecule has 0 spiro atoms. The van der Waals surface area contributed by atoms with Crippen molar-refractivity contribution >= 4 is 0 Å². The Morgan fingerprint density at radius 3 is 2.36 bits per heavy atom. The minimum absolute atomic E-state index is 0.0439. The van der Waals surface area contributed by atoms with Crippen LogP contribution < -0.4 is 11.3 Å². The molecule has 0 fully saturated rings. The highest BCUT2D eigenvalue weighted by atomic mass is 15.2. The molecular formula is C12H18N2. The summed E-state index contributed by atoms with van der Waals surface area (Å²) in [5, 5.41) is 0. The Hall–Kier alpha value is -1.12. The zero-order valence-corrected chi connectivity index (χ0v) is 8.83. The van der Waals surface area contributed by atoms with Crippen LogP contribution in [0.3, 0.4) is 0 Å². The van der Waals surface area contributed by atoms with Crippen LogP contribution in [0.15, 0.2) is 43.0 Å². The maximum atomic E-state index is 5.49. The van der Waals surface area contributed by atoms with Crippen LogP contribution >= 0.6 is 0 Å². The zero-order valence-electron chi connectivity index (χ0n) is 8.83. The van der Waals surface area contributed by atoms with Gasteiger partial charge in [0.15, 0.2) is 0 Å². The number of hydrazine groups is 1. The number of benzene rings is 1. The van der Waals surface area contributed by atoms with Gasteiger partial charge in [0.1, 0.15) is 0 Å². The van der Waals surface area contributed by atoms with E-state index >= 15 is 0 Å². The van der Waals surface area contributed by atoms with Crippen LogP contribution in [0, 0.1) is 0 Å². The molecule has 1 rings (SSSR count). The van der Waals surface area contributed by atoms with Crippen LogP contribution in [0.5, 0.6) is 0 Å². The second-order valence-electron chi connectivity index (χ2n) is 3.97. The quantitative estimate of drug-likeness (QED) is 0.433. The van der Waals surface area contributed by atoms with Crippen molar-refractivity contribution in [3.05, 3.63) is 48.6 Å². The molecule has 14 heavy (non-hydrogen) atoms. The molecule has 1 aromatic carbocycles. The highest BCUT2D eigenvalue weighted by Gasteiger charge is 2.27. The summed E-state index contributed by atoms with van der Waals surface area (Å²) in [6, 6.07) is 10.4. The second-order valence-corrected chi connectivity index (χ2v) is 3.97. The molecule has 3 N–H and O–H groups in total. The average Bonchev–Trinajstić information content (AvgIpc) is 2.20. The van der Waals surface area contributed by atoms with Crippen molar-refractivity contribution in [2.45, 2.75) is 25.3 Å². The van der Waals surface area contributed by atoms with Gasteiger partial charge in [0, 0.05) is 11.5 Å². The standard InChI is InChI=1S/C12H18N2/c1-4-11(14-13)12(2,3)10-8-6-5-7-9-10/h4-9,11,14H,1,13H2,2-3H3. The Labute approximate surface area is 85.8 Å². The van der Waals surface area contributed by atoms with Gasteiger partial charge in [0.25, 0.3) is 0 Å². The van der Waals surface area contributed by atoms with Crippen molar-refractivity contribution in [3.8, 4) is 0 Å². The molecule has 1 aromatic rings. The average molecular weight is 190 g/mol.